The van der Waals surface area contributed by atoms with Crippen LogP contribution in [0.3, 0.4) is 0 Å². The van der Waals surface area contributed by atoms with Crippen LogP contribution in [0.4, 0.5) is 5.69 Å². The topological polar surface area (TPSA) is 192 Å². The molecule has 5 N–H and O–H groups in total. The minimum absolute atomic E-state index is 0.00701. The maximum absolute atomic E-state index is 12.8. The summed E-state index contributed by atoms with van der Waals surface area (Å²) in [5.74, 6) is -0.871. The maximum Gasteiger partial charge on any atom is 0.306 e. The molecule has 52 heavy (non-hydrogen) atoms. The van der Waals surface area contributed by atoms with Gasteiger partial charge in [0.25, 0.3) is 0 Å². The lowest BCUT2D eigenvalue weighted by molar-refractivity contribution is -0.386. The van der Waals surface area contributed by atoms with Crippen LogP contribution in [0, 0.1) is 0 Å². The Morgan fingerprint density at radius 3 is 2.29 bits per heavy atom. The third-order valence-electron chi connectivity index (χ3n) is 8.96. The second-order valence-corrected chi connectivity index (χ2v) is 13.2. The van der Waals surface area contributed by atoms with Gasteiger partial charge in [-0.25, -0.2) is 0 Å². The fraction of sp³-hybridized carbons (Fsp3) is 0.459. The molecule has 3 heterocycles. The molecule has 3 aromatic rings. The number of halogens is 1. The second kappa shape index (κ2) is 17.5. The van der Waals surface area contributed by atoms with Crippen LogP contribution < -0.4 is 5.32 Å². The molecule has 6 rings (SSSR count). The Kier molecular flexibility index (Phi) is 12.9. The van der Waals surface area contributed by atoms with Gasteiger partial charge in [-0.15, -0.1) is 0 Å². The molecule has 0 aliphatic carbocycles. The van der Waals surface area contributed by atoms with Crippen molar-refractivity contribution in [2.24, 2.45) is 0 Å². The number of amides is 1. The number of ether oxygens (including phenoxy) is 7. The Bertz CT molecular complexity index is 1630. The van der Waals surface area contributed by atoms with E-state index in [0.29, 0.717) is 22.7 Å². The summed E-state index contributed by atoms with van der Waals surface area (Å²) in [4.78, 5) is 24.4. The van der Waals surface area contributed by atoms with Crippen molar-refractivity contribution in [2.45, 2.75) is 94.1 Å². The van der Waals surface area contributed by atoms with E-state index in [1.165, 1.54) is 6.92 Å². The Hall–Kier alpha value is -3.51. The van der Waals surface area contributed by atoms with E-state index in [1.807, 2.05) is 60.7 Å². The average molecular weight is 744 g/mol. The molecule has 280 valence electrons. The predicted molar refractivity (Wildman–Crippen MR) is 182 cm³/mol. The first kappa shape index (κ1) is 38.2. The van der Waals surface area contributed by atoms with Crippen LogP contribution in [-0.4, -0.2) is 107 Å². The zero-order chi connectivity index (χ0) is 36.8. The zero-order valence-corrected chi connectivity index (χ0v) is 29.0. The van der Waals surface area contributed by atoms with Crippen molar-refractivity contribution in [1.82, 2.24) is 0 Å². The lowest BCUT2D eigenvalue weighted by Gasteiger charge is -2.48. The minimum Gasteiger partial charge on any atom is -0.463 e. The van der Waals surface area contributed by atoms with E-state index in [9.17, 15) is 30.0 Å². The van der Waals surface area contributed by atoms with Crippen LogP contribution in [0.5, 0.6) is 0 Å². The van der Waals surface area contributed by atoms with Gasteiger partial charge in [0.05, 0.1) is 23.9 Å². The van der Waals surface area contributed by atoms with Gasteiger partial charge < -0.3 is 58.9 Å². The molecule has 11 atom stereocenters. The zero-order valence-electron chi connectivity index (χ0n) is 28.2. The minimum atomic E-state index is -1.70. The highest BCUT2D eigenvalue weighted by Crippen LogP contribution is 2.36. The molecule has 0 spiro atoms. The highest BCUT2D eigenvalue weighted by atomic mass is 35.5. The average Bonchev–Trinajstić information content (AvgIpc) is 3.15. The third kappa shape index (κ3) is 9.34. The number of hydrogen-bond acceptors (Lipinski definition) is 13. The third-order valence-corrected chi connectivity index (χ3v) is 9.29. The Labute approximate surface area is 305 Å². The van der Waals surface area contributed by atoms with E-state index in [-0.39, 0.29) is 25.5 Å². The van der Waals surface area contributed by atoms with Gasteiger partial charge in [0.1, 0.15) is 55.4 Å². The number of aliphatic hydroxyl groups excluding tert-OH is 4. The van der Waals surface area contributed by atoms with Gasteiger partial charge in [0.2, 0.25) is 5.91 Å². The molecule has 1 unspecified atom stereocenters. The molecule has 0 aromatic heterocycles. The van der Waals surface area contributed by atoms with E-state index in [2.05, 4.69) is 5.32 Å². The quantitative estimate of drug-likeness (QED) is 0.170. The number of aryl methyl sites for hydroxylation is 1. The van der Waals surface area contributed by atoms with E-state index in [4.69, 9.17) is 44.8 Å². The van der Waals surface area contributed by atoms with Crippen LogP contribution in [0.1, 0.15) is 36.3 Å². The number of hydrogen-bond donors (Lipinski definition) is 5. The van der Waals surface area contributed by atoms with Crippen molar-refractivity contribution in [2.75, 3.05) is 18.5 Å². The van der Waals surface area contributed by atoms with Gasteiger partial charge >= 0.3 is 5.97 Å². The van der Waals surface area contributed by atoms with Gasteiger partial charge in [-0.2, -0.15) is 0 Å². The van der Waals surface area contributed by atoms with Gasteiger partial charge in [-0.1, -0.05) is 78.3 Å². The molecule has 3 aromatic carbocycles. The van der Waals surface area contributed by atoms with Crippen LogP contribution >= 0.6 is 11.6 Å². The van der Waals surface area contributed by atoms with Crippen molar-refractivity contribution < 1.29 is 63.2 Å². The van der Waals surface area contributed by atoms with Gasteiger partial charge in [-0.05, 0) is 29.7 Å². The van der Waals surface area contributed by atoms with Crippen molar-refractivity contribution in [3.05, 3.63) is 101 Å². The summed E-state index contributed by atoms with van der Waals surface area (Å²) >= 11 is 6.19. The van der Waals surface area contributed by atoms with Crippen LogP contribution in [-0.2, 0) is 55.8 Å². The maximum atomic E-state index is 12.8. The number of rotatable bonds is 12. The molecule has 3 aliphatic heterocycles. The fourth-order valence-electron chi connectivity index (χ4n) is 6.23. The second-order valence-electron chi connectivity index (χ2n) is 12.8. The predicted octanol–water partition coefficient (Wildman–Crippen LogP) is 2.38. The normalized spacial score (nSPS) is 31.7. The van der Waals surface area contributed by atoms with Gasteiger partial charge in [0, 0.05) is 18.9 Å². The fourth-order valence-corrected chi connectivity index (χ4v) is 6.40. The van der Waals surface area contributed by atoms with Crippen LogP contribution in [0.2, 0.25) is 5.02 Å². The van der Waals surface area contributed by atoms with Crippen molar-refractivity contribution in [3.8, 4) is 0 Å². The largest absolute Gasteiger partial charge is 0.463 e. The monoisotopic (exact) mass is 743 g/mol. The molecule has 15 heteroatoms. The molecular formula is C37H42ClNO13. The smallest absolute Gasteiger partial charge is 0.306 e. The number of carbonyl (C=O) groups excluding carboxylic acids is 2. The van der Waals surface area contributed by atoms with Gasteiger partial charge in [-0.3, -0.25) is 9.59 Å². The van der Waals surface area contributed by atoms with E-state index in [0.717, 1.165) is 11.1 Å². The lowest BCUT2D eigenvalue weighted by Crippen LogP contribution is -2.66. The Morgan fingerprint density at radius 2 is 1.56 bits per heavy atom. The molecule has 0 saturated carbocycles. The summed E-state index contributed by atoms with van der Waals surface area (Å²) in [5, 5.41) is 47.6. The molecule has 1 amide bonds. The van der Waals surface area contributed by atoms with Crippen molar-refractivity contribution >= 4 is 29.2 Å². The number of fused-ring (bicyclic) bond motifs is 1. The number of carbonyl (C=O) groups is 2. The number of aliphatic hydroxyl groups is 4. The first-order valence-electron chi connectivity index (χ1n) is 16.9. The number of anilines is 1. The summed E-state index contributed by atoms with van der Waals surface area (Å²) in [5.41, 5.74) is 2.58. The molecular weight excluding hydrogens is 702 g/mol. The standard InChI is InChI=1S/C37H42ClNO13/c1-20(40)39-25-16-22(12-14-24(25)38)17-47-36-31(44)29(42)34(26(49-36)18-46-28(41)15-13-21-8-4-2-5-9-21)52-37-32(45)30(43)33-27(50-37)19-48-35(51-33)23-10-6-3-7-11-23/h2-12,14,16,26-27,29-37,42-45H,13,15,17-19H2,1H3,(H,39,40)/t26-,27-,29-,30-,31-,32-,33-,34-,35?,36-,37-/m1/s1. The summed E-state index contributed by atoms with van der Waals surface area (Å²) < 4.78 is 41.2. The first-order chi connectivity index (χ1) is 25.1. The molecule has 0 bridgehead atoms. The highest BCUT2D eigenvalue weighted by molar-refractivity contribution is 6.33. The summed E-state index contributed by atoms with van der Waals surface area (Å²) in [7, 11) is 0. The van der Waals surface area contributed by atoms with Crippen LogP contribution in [0.15, 0.2) is 78.9 Å². The van der Waals surface area contributed by atoms with E-state index >= 15 is 0 Å². The summed E-state index contributed by atoms with van der Waals surface area (Å²) in [6, 6.07) is 23.3. The SMILES string of the molecule is CC(=O)Nc1cc(CO[C@@H]2O[C@H](COC(=O)CCc3ccccc3)[C@@H](O[C@H]3O[C@@H]4COC(c5ccccc5)O[C@H]4[C@H](O)[C@H]3O)[C@H](O)[C@H]2O)ccc1Cl. The molecule has 0 radical (unpaired) electrons. The lowest BCUT2D eigenvalue weighted by atomic mass is 9.96. The molecule has 14 nitrogen and oxygen atoms in total. The summed E-state index contributed by atoms with van der Waals surface area (Å²) in [6.45, 7) is 0.788. The van der Waals surface area contributed by atoms with Crippen molar-refractivity contribution in [3.63, 3.8) is 0 Å². The number of benzene rings is 3. The number of nitrogens with one attached hydrogen (secondary N) is 1. The molecule has 3 saturated heterocycles. The molecule has 3 fully saturated rings. The molecule has 3 aliphatic rings. The number of esters is 1. The van der Waals surface area contributed by atoms with Crippen molar-refractivity contribution in [1.29, 1.82) is 0 Å². The first-order valence-corrected chi connectivity index (χ1v) is 17.3. The highest BCUT2D eigenvalue weighted by Gasteiger charge is 2.53. The van der Waals surface area contributed by atoms with Gasteiger partial charge in [0.15, 0.2) is 18.9 Å². The Balaban J connectivity index is 1.13. The summed E-state index contributed by atoms with van der Waals surface area (Å²) in [6.07, 6.45) is -14.2. The van der Waals surface area contributed by atoms with E-state index < -0.39 is 80.3 Å². The van der Waals surface area contributed by atoms with E-state index in [1.54, 1.807) is 18.2 Å². The Morgan fingerprint density at radius 1 is 0.846 bits per heavy atom. The van der Waals surface area contributed by atoms with Crippen LogP contribution in [0.25, 0.3) is 0 Å².